The van der Waals surface area contributed by atoms with E-state index >= 15 is 0 Å². The van der Waals surface area contributed by atoms with Crippen molar-refractivity contribution in [2.75, 3.05) is 45.8 Å². The largest absolute Gasteiger partial charge is 0.497 e. The standard InChI is InChI=1S/C20H24N2O4/c1-24-17-6-7-19(25-2)18(13-17)21-20(23)16-5-3-4-15(12-16)14-22-8-10-26-11-9-22/h3-7,12-13H,8-11,14H2,1-2H3,(H,21,23). The van der Waals surface area contributed by atoms with Crippen LogP contribution in [0.15, 0.2) is 42.5 Å². The van der Waals surface area contributed by atoms with E-state index in [4.69, 9.17) is 14.2 Å². The predicted octanol–water partition coefficient (Wildman–Crippen LogP) is 2.79. The van der Waals surface area contributed by atoms with Gasteiger partial charge >= 0.3 is 0 Å². The van der Waals surface area contributed by atoms with E-state index < -0.39 is 0 Å². The van der Waals surface area contributed by atoms with Crippen molar-refractivity contribution in [2.24, 2.45) is 0 Å². The first kappa shape index (κ1) is 18.2. The first-order chi connectivity index (χ1) is 12.7. The zero-order chi connectivity index (χ0) is 18.4. The number of carbonyl (C=O) groups is 1. The minimum Gasteiger partial charge on any atom is -0.497 e. The van der Waals surface area contributed by atoms with E-state index in [0.717, 1.165) is 38.4 Å². The summed E-state index contributed by atoms with van der Waals surface area (Å²) in [6.45, 7) is 4.16. The lowest BCUT2D eigenvalue weighted by molar-refractivity contribution is 0.0342. The Hall–Kier alpha value is -2.57. The lowest BCUT2D eigenvalue weighted by Gasteiger charge is -2.26. The van der Waals surface area contributed by atoms with Crippen LogP contribution < -0.4 is 14.8 Å². The minimum atomic E-state index is -0.180. The molecule has 138 valence electrons. The molecule has 3 rings (SSSR count). The van der Waals surface area contributed by atoms with E-state index in [9.17, 15) is 4.79 Å². The van der Waals surface area contributed by atoms with Crippen LogP contribution in [-0.2, 0) is 11.3 Å². The van der Waals surface area contributed by atoms with E-state index in [2.05, 4.69) is 10.2 Å². The zero-order valence-corrected chi connectivity index (χ0v) is 15.2. The number of carbonyl (C=O) groups excluding carboxylic acids is 1. The Balaban J connectivity index is 1.72. The van der Waals surface area contributed by atoms with Crippen molar-refractivity contribution in [1.29, 1.82) is 0 Å². The van der Waals surface area contributed by atoms with Gasteiger partial charge in [0.25, 0.3) is 5.91 Å². The second-order valence-corrected chi connectivity index (χ2v) is 6.11. The molecule has 1 saturated heterocycles. The van der Waals surface area contributed by atoms with Gasteiger partial charge in [0.05, 0.1) is 33.1 Å². The number of nitrogens with zero attached hydrogens (tertiary/aromatic N) is 1. The highest BCUT2D eigenvalue weighted by molar-refractivity contribution is 6.05. The second kappa shape index (κ2) is 8.69. The zero-order valence-electron chi connectivity index (χ0n) is 15.2. The van der Waals surface area contributed by atoms with E-state index in [1.54, 1.807) is 32.4 Å². The lowest BCUT2D eigenvalue weighted by Crippen LogP contribution is -2.35. The molecule has 0 unspecified atom stereocenters. The molecule has 2 aromatic carbocycles. The summed E-state index contributed by atoms with van der Waals surface area (Å²) < 4.78 is 15.9. The number of ether oxygens (including phenoxy) is 3. The number of amides is 1. The summed E-state index contributed by atoms with van der Waals surface area (Å²) in [6, 6.07) is 13.0. The normalized spacial score (nSPS) is 14.7. The Morgan fingerprint density at radius 3 is 2.65 bits per heavy atom. The average molecular weight is 356 g/mol. The van der Waals surface area contributed by atoms with E-state index in [1.807, 2.05) is 24.3 Å². The first-order valence-corrected chi connectivity index (χ1v) is 8.62. The number of anilines is 1. The van der Waals surface area contributed by atoms with Crippen LogP contribution in [0.2, 0.25) is 0 Å². The van der Waals surface area contributed by atoms with E-state index in [1.165, 1.54) is 0 Å². The summed E-state index contributed by atoms with van der Waals surface area (Å²) in [4.78, 5) is 15.0. The highest BCUT2D eigenvalue weighted by atomic mass is 16.5. The minimum absolute atomic E-state index is 0.180. The van der Waals surface area contributed by atoms with Crippen LogP contribution in [0.3, 0.4) is 0 Å². The third-order valence-electron chi connectivity index (χ3n) is 4.35. The summed E-state index contributed by atoms with van der Waals surface area (Å²) in [5.41, 5.74) is 2.30. The highest BCUT2D eigenvalue weighted by Gasteiger charge is 2.14. The van der Waals surface area contributed by atoms with Gasteiger partial charge < -0.3 is 19.5 Å². The highest BCUT2D eigenvalue weighted by Crippen LogP contribution is 2.29. The molecular weight excluding hydrogens is 332 g/mol. The third-order valence-corrected chi connectivity index (χ3v) is 4.35. The molecule has 1 aliphatic heterocycles. The maximum Gasteiger partial charge on any atom is 0.255 e. The van der Waals surface area contributed by atoms with Gasteiger partial charge in [-0.25, -0.2) is 0 Å². The molecule has 0 radical (unpaired) electrons. The van der Waals surface area contributed by atoms with Gasteiger partial charge in [0.2, 0.25) is 0 Å². The lowest BCUT2D eigenvalue weighted by atomic mass is 10.1. The quantitative estimate of drug-likeness (QED) is 0.862. The van der Waals surface area contributed by atoms with Crippen molar-refractivity contribution in [2.45, 2.75) is 6.54 Å². The maximum absolute atomic E-state index is 12.7. The van der Waals surface area contributed by atoms with E-state index in [0.29, 0.717) is 22.7 Å². The predicted molar refractivity (Wildman–Crippen MR) is 100 cm³/mol. The molecule has 1 heterocycles. The molecule has 1 N–H and O–H groups in total. The molecule has 6 nitrogen and oxygen atoms in total. The van der Waals surface area contributed by atoms with Gasteiger partial charge in [-0.2, -0.15) is 0 Å². The number of hydrogen-bond acceptors (Lipinski definition) is 5. The molecule has 1 fully saturated rings. The molecule has 0 aliphatic carbocycles. The average Bonchev–Trinajstić information content (AvgIpc) is 2.69. The number of morpholine rings is 1. The van der Waals surface area contributed by atoms with Crippen LogP contribution in [0.4, 0.5) is 5.69 Å². The molecule has 26 heavy (non-hydrogen) atoms. The first-order valence-electron chi connectivity index (χ1n) is 8.62. The van der Waals surface area contributed by atoms with Gasteiger partial charge in [0.1, 0.15) is 11.5 Å². The van der Waals surface area contributed by atoms with Crippen molar-refractivity contribution in [3.8, 4) is 11.5 Å². The fourth-order valence-electron chi connectivity index (χ4n) is 2.93. The molecule has 1 aliphatic rings. The van der Waals surface area contributed by atoms with Gasteiger partial charge in [-0.05, 0) is 29.8 Å². The monoisotopic (exact) mass is 356 g/mol. The fraction of sp³-hybridized carbons (Fsp3) is 0.350. The van der Waals surface area contributed by atoms with Gasteiger partial charge in [-0.3, -0.25) is 9.69 Å². The number of benzene rings is 2. The molecular formula is C20H24N2O4. The summed E-state index contributed by atoms with van der Waals surface area (Å²) in [5.74, 6) is 1.06. The molecule has 6 heteroatoms. The third kappa shape index (κ3) is 4.53. The van der Waals surface area contributed by atoms with Crippen molar-refractivity contribution >= 4 is 11.6 Å². The SMILES string of the molecule is COc1ccc(OC)c(NC(=O)c2cccc(CN3CCOCC3)c2)c1. The summed E-state index contributed by atoms with van der Waals surface area (Å²) in [5, 5.41) is 2.91. The Morgan fingerprint density at radius 1 is 1.12 bits per heavy atom. The Labute approximate surface area is 153 Å². The fourth-order valence-corrected chi connectivity index (χ4v) is 2.93. The van der Waals surface area contributed by atoms with Gasteiger partial charge in [0, 0.05) is 31.3 Å². The Morgan fingerprint density at radius 2 is 1.92 bits per heavy atom. The number of hydrogen-bond donors (Lipinski definition) is 1. The number of rotatable bonds is 6. The maximum atomic E-state index is 12.7. The van der Waals surface area contributed by atoms with Crippen LogP contribution in [0.5, 0.6) is 11.5 Å². The van der Waals surface area contributed by atoms with Crippen LogP contribution >= 0.6 is 0 Å². The van der Waals surface area contributed by atoms with Crippen molar-refractivity contribution in [1.82, 2.24) is 4.90 Å². The van der Waals surface area contributed by atoms with Crippen LogP contribution in [0, 0.1) is 0 Å². The van der Waals surface area contributed by atoms with Crippen molar-refractivity contribution < 1.29 is 19.0 Å². The van der Waals surface area contributed by atoms with Crippen LogP contribution in [-0.4, -0.2) is 51.3 Å². The van der Waals surface area contributed by atoms with Crippen LogP contribution in [0.1, 0.15) is 15.9 Å². The second-order valence-electron chi connectivity index (χ2n) is 6.11. The Kier molecular flexibility index (Phi) is 6.09. The molecule has 0 saturated carbocycles. The Bertz CT molecular complexity index is 757. The molecule has 0 atom stereocenters. The summed E-state index contributed by atoms with van der Waals surface area (Å²) in [6.07, 6.45) is 0. The summed E-state index contributed by atoms with van der Waals surface area (Å²) >= 11 is 0. The number of methoxy groups -OCH3 is 2. The van der Waals surface area contributed by atoms with Gasteiger partial charge in [0.15, 0.2) is 0 Å². The van der Waals surface area contributed by atoms with Crippen molar-refractivity contribution in [3.63, 3.8) is 0 Å². The molecule has 0 aromatic heterocycles. The van der Waals surface area contributed by atoms with Crippen molar-refractivity contribution in [3.05, 3.63) is 53.6 Å². The number of nitrogens with one attached hydrogen (secondary N) is 1. The molecule has 0 spiro atoms. The smallest absolute Gasteiger partial charge is 0.255 e. The van der Waals surface area contributed by atoms with Crippen LogP contribution in [0.25, 0.3) is 0 Å². The molecule has 2 aromatic rings. The van der Waals surface area contributed by atoms with E-state index in [-0.39, 0.29) is 5.91 Å². The van der Waals surface area contributed by atoms with Gasteiger partial charge in [-0.1, -0.05) is 12.1 Å². The molecule has 1 amide bonds. The van der Waals surface area contributed by atoms with Gasteiger partial charge in [-0.15, -0.1) is 0 Å². The summed E-state index contributed by atoms with van der Waals surface area (Å²) in [7, 11) is 3.16. The molecule has 0 bridgehead atoms. The topological polar surface area (TPSA) is 60.0 Å².